The highest BCUT2D eigenvalue weighted by atomic mass is 31.0. The second kappa shape index (κ2) is 31.2. The van der Waals surface area contributed by atoms with Crippen LogP contribution in [-0.4, -0.2) is 122 Å². The molecule has 0 fully saturated rings. The molecule has 0 aliphatic carbocycles. The standard InChI is InChI=1S/C36H62N5O11P/c1-27(2)34(41-33(43)10-13-46-15-17-48-19-21-50-23-24-51-22-20-49-18-16-47-14-11-37)32(42)25-30(5-4-12-39-36(38)45)35(44)40-31-8-6-29(7-9-31)26-52-28(3)53/h6-9,27,30,34H,3-5,10-26,37,53H2,1-2H3,(H,40,44)(H,41,43)(H3,38,39,45)/t30-,34+/m1/s1. The summed E-state index contributed by atoms with van der Waals surface area (Å²) in [7, 11) is 2.38. The lowest BCUT2D eigenvalue weighted by atomic mass is 9.89. The van der Waals surface area contributed by atoms with Gasteiger partial charge >= 0.3 is 6.03 Å². The summed E-state index contributed by atoms with van der Waals surface area (Å²) in [6.45, 7) is 13.4. The number of hydrogen-bond donors (Lipinski definition) is 5. The lowest BCUT2D eigenvalue weighted by Gasteiger charge is -2.24. The van der Waals surface area contributed by atoms with Crippen molar-refractivity contribution in [1.82, 2.24) is 10.6 Å². The molecule has 17 heteroatoms. The molecule has 1 rings (SSSR count). The number of ether oxygens (including phenoxy) is 7. The predicted octanol–water partition coefficient (Wildman–Crippen LogP) is 2.10. The number of amides is 4. The van der Waals surface area contributed by atoms with Crippen LogP contribution >= 0.6 is 9.24 Å². The van der Waals surface area contributed by atoms with Crippen molar-refractivity contribution in [3.8, 4) is 0 Å². The lowest BCUT2D eigenvalue weighted by molar-refractivity contribution is -0.131. The molecule has 0 heterocycles. The van der Waals surface area contributed by atoms with Crippen LogP contribution in [0.15, 0.2) is 36.3 Å². The average Bonchev–Trinajstić information content (AvgIpc) is 3.12. The molecule has 0 aliphatic heterocycles. The van der Waals surface area contributed by atoms with Crippen LogP contribution in [0.25, 0.3) is 0 Å². The van der Waals surface area contributed by atoms with E-state index in [4.69, 9.17) is 44.6 Å². The van der Waals surface area contributed by atoms with Crippen molar-refractivity contribution in [3.63, 3.8) is 0 Å². The highest BCUT2D eigenvalue weighted by Crippen LogP contribution is 2.20. The maximum Gasteiger partial charge on any atom is 0.312 e. The number of carbonyl (C=O) groups is 4. The summed E-state index contributed by atoms with van der Waals surface area (Å²) in [5, 5.41) is 8.19. The van der Waals surface area contributed by atoms with Crippen LogP contribution < -0.4 is 27.4 Å². The molecule has 0 aliphatic rings. The molecule has 302 valence electrons. The molecule has 3 atom stereocenters. The topological polar surface area (TPSA) is 221 Å². The summed E-state index contributed by atoms with van der Waals surface area (Å²) in [6, 6.07) is 5.68. The number of nitrogens with one attached hydrogen (secondary N) is 3. The third kappa shape index (κ3) is 26.3. The molecular weight excluding hydrogens is 709 g/mol. The highest BCUT2D eigenvalue weighted by Gasteiger charge is 2.29. The van der Waals surface area contributed by atoms with Crippen molar-refractivity contribution in [2.75, 3.05) is 97.7 Å². The Labute approximate surface area is 316 Å². The molecule has 1 aromatic carbocycles. The highest BCUT2D eigenvalue weighted by molar-refractivity contribution is 7.21. The van der Waals surface area contributed by atoms with Crippen LogP contribution in [0.5, 0.6) is 0 Å². The van der Waals surface area contributed by atoms with E-state index in [9.17, 15) is 19.2 Å². The van der Waals surface area contributed by atoms with Crippen molar-refractivity contribution < 1.29 is 52.3 Å². The lowest BCUT2D eigenvalue weighted by Crippen LogP contribution is -2.45. The zero-order valence-electron chi connectivity index (χ0n) is 31.4. The molecule has 0 aromatic heterocycles. The number of benzene rings is 1. The first-order chi connectivity index (χ1) is 25.5. The van der Waals surface area contributed by atoms with Crippen LogP contribution in [-0.2, 0) is 54.1 Å². The monoisotopic (exact) mass is 771 g/mol. The Hall–Kier alpha value is -3.21. The smallest absolute Gasteiger partial charge is 0.312 e. The maximum atomic E-state index is 13.5. The average molecular weight is 772 g/mol. The molecule has 53 heavy (non-hydrogen) atoms. The van der Waals surface area contributed by atoms with Gasteiger partial charge in [-0.2, -0.15) is 0 Å². The van der Waals surface area contributed by atoms with Crippen LogP contribution in [0.2, 0.25) is 0 Å². The molecule has 1 unspecified atom stereocenters. The third-order valence-corrected chi connectivity index (χ3v) is 7.59. The molecule has 16 nitrogen and oxygen atoms in total. The predicted molar refractivity (Wildman–Crippen MR) is 204 cm³/mol. The minimum absolute atomic E-state index is 0.0572. The summed E-state index contributed by atoms with van der Waals surface area (Å²) in [6.07, 6.45) is 0.704. The van der Waals surface area contributed by atoms with Gasteiger partial charge in [0.1, 0.15) is 12.1 Å². The Kier molecular flexibility index (Phi) is 28.1. The Morgan fingerprint density at radius 1 is 0.792 bits per heavy atom. The van der Waals surface area contributed by atoms with Crippen molar-refractivity contribution in [2.24, 2.45) is 23.3 Å². The molecule has 0 spiro atoms. The van der Waals surface area contributed by atoms with E-state index in [-0.39, 0.29) is 49.5 Å². The van der Waals surface area contributed by atoms with Crippen LogP contribution in [0, 0.1) is 11.8 Å². The first-order valence-corrected chi connectivity index (χ1v) is 18.6. The first kappa shape index (κ1) is 47.8. The SMILES string of the molecule is C=C(P)OCc1ccc(NC(=O)[C@H](CCCNC(N)=O)CC(=O)[C@@H](NC(=O)CCOCCOCCOCCOCCOCCOCCN)C(C)C)cc1. The normalized spacial score (nSPS) is 12.2. The molecule has 0 saturated heterocycles. The summed E-state index contributed by atoms with van der Waals surface area (Å²) >= 11 is 0. The van der Waals surface area contributed by atoms with Gasteiger partial charge in [-0.25, -0.2) is 4.79 Å². The van der Waals surface area contributed by atoms with Gasteiger partial charge in [0.05, 0.1) is 85.3 Å². The Morgan fingerprint density at radius 2 is 1.30 bits per heavy atom. The molecule has 1 aromatic rings. The minimum atomic E-state index is -0.791. The Morgan fingerprint density at radius 3 is 1.77 bits per heavy atom. The molecule has 0 bridgehead atoms. The second-order valence-corrected chi connectivity index (χ2v) is 12.9. The molecule has 0 radical (unpaired) electrons. The fourth-order valence-electron chi connectivity index (χ4n) is 4.67. The zero-order chi connectivity index (χ0) is 39.1. The van der Waals surface area contributed by atoms with Crippen molar-refractivity contribution >= 4 is 38.6 Å². The largest absolute Gasteiger partial charge is 0.490 e. The van der Waals surface area contributed by atoms with Gasteiger partial charge in [0, 0.05) is 37.5 Å². The summed E-state index contributed by atoms with van der Waals surface area (Å²) in [4.78, 5) is 50.6. The summed E-state index contributed by atoms with van der Waals surface area (Å²) < 4.78 is 37.9. The van der Waals surface area contributed by atoms with Gasteiger partial charge in [0.2, 0.25) is 11.8 Å². The summed E-state index contributed by atoms with van der Waals surface area (Å²) in [5.74, 6) is -1.86. The van der Waals surface area contributed by atoms with Gasteiger partial charge in [-0.15, -0.1) is 0 Å². The van der Waals surface area contributed by atoms with E-state index in [1.807, 2.05) is 26.0 Å². The number of primary amides is 1. The number of hydrogen-bond acceptors (Lipinski definition) is 12. The third-order valence-electron chi connectivity index (χ3n) is 7.42. The maximum absolute atomic E-state index is 13.5. The van der Waals surface area contributed by atoms with E-state index in [2.05, 4.69) is 31.8 Å². The fourth-order valence-corrected chi connectivity index (χ4v) is 4.76. The van der Waals surface area contributed by atoms with E-state index < -0.39 is 18.0 Å². The number of anilines is 1. The number of rotatable bonds is 34. The number of ketones is 1. The van der Waals surface area contributed by atoms with Crippen LogP contribution in [0.4, 0.5) is 10.5 Å². The van der Waals surface area contributed by atoms with Crippen molar-refractivity contribution in [2.45, 2.75) is 52.2 Å². The van der Waals surface area contributed by atoms with E-state index in [1.165, 1.54) is 0 Å². The molecule has 7 N–H and O–H groups in total. The molecular formula is C36H62N5O11P. The van der Waals surface area contributed by atoms with Gasteiger partial charge in [-0.05, 0) is 36.5 Å². The first-order valence-electron chi connectivity index (χ1n) is 18.0. The fraction of sp³-hybridized carbons (Fsp3) is 0.667. The van der Waals surface area contributed by atoms with Crippen molar-refractivity contribution in [3.05, 3.63) is 41.9 Å². The van der Waals surface area contributed by atoms with E-state index >= 15 is 0 Å². The van der Waals surface area contributed by atoms with Gasteiger partial charge < -0.3 is 60.6 Å². The Bertz CT molecular complexity index is 1180. The second-order valence-electron chi connectivity index (χ2n) is 12.2. The molecule has 4 amide bonds. The van der Waals surface area contributed by atoms with Crippen molar-refractivity contribution in [1.29, 1.82) is 0 Å². The minimum Gasteiger partial charge on any atom is -0.490 e. The van der Waals surface area contributed by atoms with E-state index in [1.54, 1.807) is 12.1 Å². The van der Waals surface area contributed by atoms with Gasteiger partial charge in [-0.3, -0.25) is 14.4 Å². The quantitative estimate of drug-likeness (QED) is 0.0387. The van der Waals surface area contributed by atoms with Crippen LogP contribution in [0.3, 0.4) is 0 Å². The Balaban J connectivity index is 2.38. The van der Waals surface area contributed by atoms with Gasteiger partial charge in [0.25, 0.3) is 0 Å². The van der Waals surface area contributed by atoms with Gasteiger partial charge in [-0.1, -0.05) is 41.8 Å². The van der Waals surface area contributed by atoms with E-state index in [0.717, 1.165) is 5.56 Å². The zero-order valence-corrected chi connectivity index (χ0v) is 32.6. The molecule has 0 saturated carbocycles. The number of carbonyl (C=O) groups excluding carboxylic acids is 4. The number of Topliss-reactive ketones (excluding diaryl/α,β-unsaturated/α-hetero) is 1. The van der Waals surface area contributed by atoms with Gasteiger partial charge in [0.15, 0.2) is 5.78 Å². The summed E-state index contributed by atoms with van der Waals surface area (Å²) in [5.41, 5.74) is 12.5. The van der Waals surface area contributed by atoms with E-state index in [0.29, 0.717) is 110 Å². The van der Waals surface area contributed by atoms with Crippen LogP contribution in [0.1, 0.15) is 45.1 Å². The number of nitrogens with two attached hydrogens (primary N) is 2. The number of urea groups is 1.